The molecule has 1 aromatic rings. The van der Waals surface area contributed by atoms with Crippen molar-refractivity contribution < 1.29 is 19.1 Å². The molecule has 156 valence electrons. The lowest BCUT2D eigenvalue weighted by molar-refractivity contribution is -0.138. The van der Waals surface area contributed by atoms with E-state index < -0.39 is 11.5 Å². The summed E-state index contributed by atoms with van der Waals surface area (Å²) in [6, 6.07) is 7.23. The second-order valence-electron chi connectivity index (χ2n) is 9.55. The molecular formula is C22H29N3O4. The zero-order valence-corrected chi connectivity index (χ0v) is 17.3. The van der Waals surface area contributed by atoms with E-state index in [-0.39, 0.29) is 29.4 Å². The zero-order chi connectivity index (χ0) is 21.0. The summed E-state index contributed by atoms with van der Waals surface area (Å²) in [5.74, 6) is -0.0714. The van der Waals surface area contributed by atoms with Crippen molar-refractivity contribution >= 4 is 17.9 Å². The van der Waals surface area contributed by atoms with Crippen LogP contribution in [-0.4, -0.2) is 58.5 Å². The minimum Gasteiger partial charge on any atom is -0.444 e. The van der Waals surface area contributed by atoms with Gasteiger partial charge in [-0.3, -0.25) is 9.59 Å². The van der Waals surface area contributed by atoms with Crippen molar-refractivity contribution in [3.8, 4) is 0 Å². The third-order valence-electron chi connectivity index (χ3n) is 6.13. The Morgan fingerprint density at radius 3 is 2.31 bits per heavy atom. The number of benzene rings is 1. The first-order chi connectivity index (χ1) is 13.6. The lowest BCUT2D eigenvalue weighted by atomic mass is 10.0. The summed E-state index contributed by atoms with van der Waals surface area (Å²) >= 11 is 0. The molecule has 7 heteroatoms. The van der Waals surface area contributed by atoms with Gasteiger partial charge in [-0.15, -0.1) is 0 Å². The molecule has 4 rings (SSSR count). The van der Waals surface area contributed by atoms with Gasteiger partial charge < -0.3 is 20.3 Å². The van der Waals surface area contributed by atoms with Gasteiger partial charge in [-0.25, -0.2) is 4.79 Å². The van der Waals surface area contributed by atoms with Gasteiger partial charge in [-0.05, 0) is 63.6 Å². The van der Waals surface area contributed by atoms with Gasteiger partial charge in [0.05, 0.1) is 5.54 Å². The summed E-state index contributed by atoms with van der Waals surface area (Å²) in [5, 5.41) is 0. The van der Waals surface area contributed by atoms with Crippen molar-refractivity contribution in [2.45, 2.75) is 57.1 Å². The summed E-state index contributed by atoms with van der Waals surface area (Å²) in [5.41, 5.74) is 6.11. The van der Waals surface area contributed by atoms with Crippen LogP contribution in [0.2, 0.25) is 0 Å². The largest absolute Gasteiger partial charge is 0.444 e. The highest BCUT2D eigenvalue weighted by Gasteiger charge is 2.57. The van der Waals surface area contributed by atoms with Crippen molar-refractivity contribution in [3.63, 3.8) is 0 Å². The van der Waals surface area contributed by atoms with Crippen molar-refractivity contribution in [2.24, 2.45) is 11.7 Å². The lowest BCUT2D eigenvalue weighted by Gasteiger charge is -2.42. The molecule has 2 N–H and O–H groups in total. The molecule has 1 saturated heterocycles. The summed E-state index contributed by atoms with van der Waals surface area (Å²) in [6.07, 6.45) is 2.40. The van der Waals surface area contributed by atoms with Crippen LogP contribution >= 0.6 is 0 Å². The van der Waals surface area contributed by atoms with E-state index in [0.29, 0.717) is 25.2 Å². The van der Waals surface area contributed by atoms with E-state index in [1.165, 1.54) is 0 Å². The van der Waals surface area contributed by atoms with E-state index >= 15 is 0 Å². The van der Waals surface area contributed by atoms with Crippen LogP contribution in [-0.2, 0) is 9.53 Å². The maximum atomic E-state index is 13.2. The molecule has 2 aliphatic carbocycles. The van der Waals surface area contributed by atoms with Crippen molar-refractivity contribution in [3.05, 3.63) is 35.4 Å². The van der Waals surface area contributed by atoms with Gasteiger partial charge in [0.25, 0.3) is 0 Å². The van der Waals surface area contributed by atoms with Crippen LogP contribution < -0.4 is 5.73 Å². The van der Waals surface area contributed by atoms with Crippen LogP contribution in [0, 0.1) is 5.92 Å². The summed E-state index contributed by atoms with van der Waals surface area (Å²) in [6.45, 7) is 7.20. The highest BCUT2D eigenvalue weighted by molar-refractivity contribution is 5.92. The third kappa shape index (κ3) is 3.95. The number of piperazine rings is 1. The molecule has 0 bridgehead atoms. The van der Waals surface area contributed by atoms with Crippen molar-refractivity contribution in [1.29, 1.82) is 0 Å². The molecule has 1 aromatic carbocycles. The Hall–Kier alpha value is -2.57. The fourth-order valence-corrected chi connectivity index (χ4v) is 4.31. The zero-order valence-electron chi connectivity index (χ0n) is 17.3. The molecule has 29 heavy (non-hydrogen) atoms. The number of rotatable bonds is 3. The monoisotopic (exact) mass is 399 g/mol. The molecule has 3 fully saturated rings. The van der Waals surface area contributed by atoms with Gasteiger partial charge in [-0.2, -0.15) is 0 Å². The van der Waals surface area contributed by atoms with Crippen LogP contribution in [0.3, 0.4) is 0 Å². The first-order valence-electron chi connectivity index (χ1n) is 10.3. The van der Waals surface area contributed by atoms with E-state index in [2.05, 4.69) is 0 Å². The molecular weight excluding hydrogens is 370 g/mol. The second-order valence-corrected chi connectivity index (χ2v) is 9.55. The highest BCUT2D eigenvalue weighted by atomic mass is 16.6. The molecule has 0 aromatic heterocycles. The Labute approximate surface area is 171 Å². The van der Waals surface area contributed by atoms with Crippen molar-refractivity contribution in [1.82, 2.24) is 9.80 Å². The van der Waals surface area contributed by atoms with Gasteiger partial charge in [0, 0.05) is 31.1 Å². The highest BCUT2D eigenvalue weighted by Crippen LogP contribution is 2.52. The van der Waals surface area contributed by atoms with Gasteiger partial charge >= 0.3 is 6.09 Å². The quantitative estimate of drug-likeness (QED) is 0.845. The minimum atomic E-state index is -0.522. The Kier molecular flexibility index (Phi) is 4.59. The molecule has 1 aliphatic heterocycles. The summed E-state index contributed by atoms with van der Waals surface area (Å²) in [7, 11) is 0. The van der Waals surface area contributed by atoms with Gasteiger partial charge in [0.2, 0.25) is 11.8 Å². The maximum Gasteiger partial charge on any atom is 0.410 e. The normalized spacial score (nSPS) is 24.9. The van der Waals surface area contributed by atoms with Crippen LogP contribution in [0.1, 0.15) is 61.9 Å². The maximum absolute atomic E-state index is 13.2. The molecule has 1 heterocycles. The van der Waals surface area contributed by atoms with Crippen molar-refractivity contribution in [2.75, 3.05) is 19.6 Å². The number of nitrogens with two attached hydrogens (primary N) is 1. The Morgan fingerprint density at radius 1 is 1.10 bits per heavy atom. The second kappa shape index (κ2) is 6.75. The first kappa shape index (κ1) is 19.7. The Balaban J connectivity index is 1.38. The number of carbonyl (C=O) groups is 3. The third-order valence-corrected chi connectivity index (χ3v) is 6.13. The number of carbonyl (C=O) groups excluding carboxylic acids is 3. The predicted molar refractivity (Wildman–Crippen MR) is 107 cm³/mol. The van der Waals surface area contributed by atoms with E-state index in [4.69, 9.17) is 10.5 Å². The van der Waals surface area contributed by atoms with Crippen LogP contribution in [0.25, 0.3) is 0 Å². The number of primary amides is 1. The van der Waals surface area contributed by atoms with E-state index in [9.17, 15) is 14.4 Å². The molecule has 7 nitrogen and oxygen atoms in total. The number of ether oxygens (including phenoxy) is 1. The van der Waals surface area contributed by atoms with Gasteiger partial charge in [0.1, 0.15) is 5.60 Å². The van der Waals surface area contributed by atoms with Crippen LogP contribution in [0.15, 0.2) is 24.3 Å². The topological polar surface area (TPSA) is 92.9 Å². The number of amides is 3. The summed E-state index contributed by atoms with van der Waals surface area (Å²) in [4.78, 5) is 40.6. The molecule has 0 radical (unpaired) electrons. The molecule has 0 unspecified atom stereocenters. The standard InChI is InChI=1S/C22H29N3O4/c1-21(2,3)29-20(28)24-10-11-25(22(13-24)8-9-22)19(27)17-12-16(17)14-4-6-15(7-5-14)18(23)26/h4-7,16-17H,8-13H2,1-3H3,(H2,23,26)/t16-,17+/m1/s1. The summed E-state index contributed by atoms with van der Waals surface area (Å²) < 4.78 is 5.51. The first-order valence-corrected chi connectivity index (χ1v) is 10.3. The lowest BCUT2D eigenvalue weighted by Crippen LogP contribution is -2.59. The average molecular weight is 399 g/mol. The SMILES string of the molecule is CC(C)(C)OC(=O)N1CCN(C(=O)[C@H]2C[C@@H]2c2ccc(C(N)=O)cc2)C2(CC2)C1. The molecule has 3 amide bonds. The molecule has 1 spiro atoms. The fraction of sp³-hybridized carbons (Fsp3) is 0.591. The predicted octanol–water partition coefficient (Wildman–Crippen LogP) is 2.50. The number of nitrogens with zero attached hydrogens (tertiary/aromatic N) is 2. The van der Waals surface area contributed by atoms with Crippen LogP contribution in [0.4, 0.5) is 4.79 Å². The Bertz CT molecular complexity index is 839. The molecule has 2 saturated carbocycles. The average Bonchev–Trinajstić information content (AvgIpc) is 3.56. The smallest absolute Gasteiger partial charge is 0.410 e. The fourth-order valence-electron chi connectivity index (χ4n) is 4.31. The van der Waals surface area contributed by atoms with E-state index in [1.54, 1.807) is 17.0 Å². The molecule has 3 aliphatic rings. The number of hydrogen-bond donors (Lipinski definition) is 1. The van der Waals surface area contributed by atoms with Gasteiger partial charge in [0.15, 0.2) is 0 Å². The van der Waals surface area contributed by atoms with Gasteiger partial charge in [-0.1, -0.05) is 12.1 Å². The molecule has 2 atom stereocenters. The van der Waals surface area contributed by atoms with Crippen LogP contribution in [0.5, 0.6) is 0 Å². The van der Waals surface area contributed by atoms with E-state index in [0.717, 1.165) is 24.8 Å². The Morgan fingerprint density at radius 2 is 1.76 bits per heavy atom. The van der Waals surface area contributed by atoms with E-state index in [1.807, 2.05) is 37.8 Å². The number of hydrogen-bond acceptors (Lipinski definition) is 4. The minimum absolute atomic E-state index is 0.0139.